The highest BCUT2D eigenvalue weighted by Crippen LogP contribution is 2.27. The third kappa shape index (κ3) is 1.64. The lowest BCUT2D eigenvalue weighted by Crippen LogP contribution is -2.60. The number of fused-ring (bicyclic) bond motifs is 1. The summed E-state index contributed by atoms with van der Waals surface area (Å²) in [6, 6.07) is 0.627. The summed E-state index contributed by atoms with van der Waals surface area (Å²) in [5.74, 6) is 0. The van der Waals surface area contributed by atoms with Crippen molar-refractivity contribution in [3.63, 3.8) is 0 Å². The van der Waals surface area contributed by atoms with E-state index in [1.165, 1.54) is 25.7 Å². The Kier molecular flexibility index (Phi) is 2.13. The van der Waals surface area contributed by atoms with Gasteiger partial charge in [0.05, 0.1) is 12.7 Å². The van der Waals surface area contributed by atoms with Crippen LogP contribution in [0.1, 0.15) is 39.5 Å². The van der Waals surface area contributed by atoms with E-state index >= 15 is 0 Å². The van der Waals surface area contributed by atoms with E-state index in [4.69, 9.17) is 4.74 Å². The minimum Gasteiger partial charge on any atom is -0.375 e. The van der Waals surface area contributed by atoms with Crippen LogP contribution in [-0.2, 0) is 4.74 Å². The molecule has 1 aliphatic carbocycles. The average Bonchev–Trinajstić information content (AvgIpc) is 2.02. The Hall–Kier alpha value is -0.0800. The van der Waals surface area contributed by atoms with E-state index in [1.807, 2.05) is 0 Å². The summed E-state index contributed by atoms with van der Waals surface area (Å²) in [6.07, 6.45) is 5.78. The van der Waals surface area contributed by atoms with E-state index in [9.17, 15) is 0 Å². The monoisotopic (exact) mass is 169 g/mol. The van der Waals surface area contributed by atoms with Crippen molar-refractivity contribution >= 4 is 0 Å². The molecule has 0 aromatic carbocycles. The number of morpholine rings is 1. The van der Waals surface area contributed by atoms with Gasteiger partial charge in [-0.25, -0.2) is 0 Å². The topological polar surface area (TPSA) is 21.3 Å². The normalized spacial score (nSPS) is 40.5. The smallest absolute Gasteiger partial charge is 0.0729 e. The van der Waals surface area contributed by atoms with Gasteiger partial charge in [0.15, 0.2) is 0 Å². The van der Waals surface area contributed by atoms with Crippen molar-refractivity contribution in [1.82, 2.24) is 5.32 Å². The molecule has 1 aliphatic heterocycles. The molecule has 1 saturated heterocycles. The molecule has 1 saturated carbocycles. The van der Waals surface area contributed by atoms with Gasteiger partial charge in [-0.3, -0.25) is 0 Å². The van der Waals surface area contributed by atoms with Crippen LogP contribution < -0.4 is 5.32 Å². The molecule has 0 radical (unpaired) electrons. The molecule has 2 unspecified atom stereocenters. The summed E-state index contributed by atoms with van der Waals surface area (Å²) in [7, 11) is 0. The van der Waals surface area contributed by atoms with Crippen LogP contribution >= 0.6 is 0 Å². The summed E-state index contributed by atoms with van der Waals surface area (Å²) in [6.45, 7) is 5.31. The van der Waals surface area contributed by atoms with Crippen LogP contribution in [-0.4, -0.2) is 24.3 Å². The summed E-state index contributed by atoms with van der Waals surface area (Å²) in [4.78, 5) is 0. The number of rotatable bonds is 0. The average molecular weight is 169 g/mol. The molecule has 2 aliphatic rings. The van der Waals surface area contributed by atoms with Crippen LogP contribution in [0.15, 0.2) is 0 Å². The van der Waals surface area contributed by atoms with Gasteiger partial charge in [0.2, 0.25) is 0 Å². The van der Waals surface area contributed by atoms with Crippen molar-refractivity contribution in [3.8, 4) is 0 Å². The molecule has 2 nitrogen and oxygen atoms in total. The second kappa shape index (κ2) is 3.00. The van der Waals surface area contributed by atoms with Crippen molar-refractivity contribution in [3.05, 3.63) is 0 Å². The second-order valence-corrected chi connectivity index (χ2v) is 4.77. The molecule has 1 N–H and O–H groups in total. The highest BCUT2D eigenvalue weighted by molar-refractivity contribution is 4.93. The van der Waals surface area contributed by atoms with Gasteiger partial charge < -0.3 is 10.1 Å². The maximum Gasteiger partial charge on any atom is 0.0729 e. The third-order valence-corrected chi connectivity index (χ3v) is 2.94. The van der Waals surface area contributed by atoms with Crippen LogP contribution in [0, 0.1) is 0 Å². The van der Waals surface area contributed by atoms with Gasteiger partial charge in [-0.1, -0.05) is 12.8 Å². The van der Waals surface area contributed by atoms with Gasteiger partial charge >= 0.3 is 0 Å². The molecule has 2 rings (SSSR count). The van der Waals surface area contributed by atoms with E-state index in [0.717, 1.165) is 6.61 Å². The maximum absolute atomic E-state index is 5.83. The van der Waals surface area contributed by atoms with E-state index in [2.05, 4.69) is 19.2 Å². The second-order valence-electron chi connectivity index (χ2n) is 4.77. The lowest BCUT2D eigenvalue weighted by atomic mass is 9.88. The molecule has 70 valence electrons. The Morgan fingerprint density at radius 1 is 1.25 bits per heavy atom. The molecular weight excluding hydrogens is 150 g/mol. The standard InChI is InChI=1S/C10H19NO/c1-10(2)7-12-9-6-4-3-5-8(9)11-10/h8-9,11H,3-7H2,1-2H3. The van der Waals surface area contributed by atoms with Gasteiger partial charge in [-0.15, -0.1) is 0 Å². The first kappa shape index (κ1) is 8.52. The zero-order chi connectivity index (χ0) is 8.60. The molecule has 0 amide bonds. The molecule has 12 heavy (non-hydrogen) atoms. The quantitative estimate of drug-likeness (QED) is 0.596. The van der Waals surface area contributed by atoms with Crippen molar-refractivity contribution in [1.29, 1.82) is 0 Å². The Bertz CT molecular complexity index is 167. The molecule has 0 spiro atoms. The first-order valence-corrected chi connectivity index (χ1v) is 5.07. The number of hydrogen-bond acceptors (Lipinski definition) is 2. The minimum absolute atomic E-state index is 0.193. The fraction of sp³-hybridized carbons (Fsp3) is 1.00. The summed E-state index contributed by atoms with van der Waals surface area (Å²) in [5.41, 5.74) is 0.193. The molecule has 0 bridgehead atoms. The first-order valence-electron chi connectivity index (χ1n) is 5.07. The summed E-state index contributed by atoms with van der Waals surface area (Å²) >= 11 is 0. The van der Waals surface area contributed by atoms with Crippen molar-refractivity contribution in [2.24, 2.45) is 0 Å². The Labute approximate surface area is 74.7 Å². The molecule has 2 fully saturated rings. The Morgan fingerprint density at radius 2 is 2.00 bits per heavy atom. The van der Waals surface area contributed by atoms with Crippen LogP contribution in [0.2, 0.25) is 0 Å². The largest absolute Gasteiger partial charge is 0.375 e. The maximum atomic E-state index is 5.83. The van der Waals surface area contributed by atoms with Gasteiger partial charge in [0.25, 0.3) is 0 Å². The highest BCUT2D eigenvalue weighted by atomic mass is 16.5. The molecule has 2 atom stereocenters. The predicted molar refractivity (Wildman–Crippen MR) is 49.2 cm³/mol. The summed E-state index contributed by atoms with van der Waals surface area (Å²) in [5, 5.41) is 3.67. The van der Waals surface area contributed by atoms with E-state index in [1.54, 1.807) is 0 Å². The zero-order valence-electron chi connectivity index (χ0n) is 8.10. The Morgan fingerprint density at radius 3 is 2.83 bits per heavy atom. The van der Waals surface area contributed by atoms with E-state index in [0.29, 0.717) is 12.1 Å². The summed E-state index contributed by atoms with van der Waals surface area (Å²) < 4.78 is 5.83. The van der Waals surface area contributed by atoms with Gasteiger partial charge in [0, 0.05) is 11.6 Å². The van der Waals surface area contributed by atoms with Crippen LogP contribution in [0.5, 0.6) is 0 Å². The van der Waals surface area contributed by atoms with Crippen LogP contribution in [0.3, 0.4) is 0 Å². The van der Waals surface area contributed by atoms with Crippen LogP contribution in [0.4, 0.5) is 0 Å². The van der Waals surface area contributed by atoms with E-state index < -0.39 is 0 Å². The zero-order valence-corrected chi connectivity index (χ0v) is 8.10. The van der Waals surface area contributed by atoms with Gasteiger partial charge in [-0.05, 0) is 26.7 Å². The number of hydrogen-bond donors (Lipinski definition) is 1. The van der Waals surface area contributed by atoms with Gasteiger partial charge in [0.1, 0.15) is 0 Å². The van der Waals surface area contributed by atoms with E-state index in [-0.39, 0.29) is 5.54 Å². The molecule has 1 heterocycles. The predicted octanol–water partition coefficient (Wildman–Crippen LogP) is 1.70. The lowest BCUT2D eigenvalue weighted by Gasteiger charge is -2.44. The molecule has 2 heteroatoms. The fourth-order valence-corrected chi connectivity index (χ4v) is 2.32. The molecule has 0 aromatic rings. The SMILES string of the molecule is CC1(C)COC2CCCCC2N1. The van der Waals surface area contributed by atoms with Crippen molar-refractivity contribution in [2.45, 2.75) is 57.2 Å². The highest BCUT2D eigenvalue weighted by Gasteiger charge is 2.35. The fourth-order valence-electron chi connectivity index (χ4n) is 2.32. The van der Waals surface area contributed by atoms with Gasteiger partial charge in [-0.2, -0.15) is 0 Å². The van der Waals surface area contributed by atoms with Crippen molar-refractivity contribution in [2.75, 3.05) is 6.61 Å². The van der Waals surface area contributed by atoms with Crippen LogP contribution in [0.25, 0.3) is 0 Å². The number of ether oxygens (including phenoxy) is 1. The molecule has 0 aromatic heterocycles. The minimum atomic E-state index is 0.193. The lowest BCUT2D eigenvalue weighted by molar-refractivity contribution is -0.0679. The third-order valence-electron chi connectivity index (χ3n) is 2.94. The first-order chi connectivity index (χ1) is 5.67. The number of nitrogens with one attached hydrogen (secondary N) is 1. The van der Waals surface area contributed by atoms with Crippen molar-refractivity contribution < 1.29 is 4.74 Å². The Balaban J connectivity index is 1.99. The molecular formula is C10H19NO.